The van der Waals surface area contributed by atoms with E-state index in [2.05, 4.69) is 11.1 Å². The van der Waals surface area contributed by atoms with Gasteiger partial charge in [0.1, 0.15) is 23.1 Å². The van der Waals surface area contributed by atoms with Gasteiger partial charge in [-0.05, 0) is 27.7 Å². The summed E-state index contributed by atoms with van der Waals surface area (Å²) in [6.45, 7) is 8.34. The van der Waals surface area contributed by atoms with E-state index in [-0.39, 0.29) is 23.5 Å². The first-order chi connectivity index (χ1) is 9.85. The zero-order chi connectivity index (χ0) is 15.7. The van der Waals surface area contributed by atoms with Crippen LogP contribution in [0.1, 0.15) is 30.7 Å². The minimum Gasteiger partial charge on any atom is -0.372 e. The van der Waals surface area contributed by atoms with Gasteiger partial charge < -0.3 is 9.64 Å². The molecule has 1 fully saturated rings. The van der Waals surface area contributed by atoms with Gasteiger partial charge in [-0.15, -0.1) is 0 Å². The van der Waals surface area contributed by atoms with Crippen molar-refractivity contribution in [3.05, 3.63) is 26.9 Å². The molecule has 0 radical (unpaired) electrons. The minimum absolute atomic E-state index is 0.0258. The van der Waals surface area contributed by atoms with Crippen molar-refractivity contribution < 1.29 is 9.66 Å². The molecule has 7 nitrogen and oxygen atoms in total. The van der Waals surface area contributed by atoms with Crippen LogP contribution in [0, 0.1) is 35.3 Å². The number of aryl methyl sites for hydroxylation is 1. The topological polar surface area (TPSA) is 92.3 Å². The van der Waals surface area contributed by atoms with Gasteiger partial charge in [-0.25, -0.2) is 4.98 Å². The predicted octanol–water partition coefficient (Wildman–Crippen LogP) is 2.09. The Hall–Kier alpha value is -2.20. The summed E-state index contributed by atoms with van der Waals surface area (Å²) in [7, 11) is 0. The van der Waals surface area contributed by atoms with Gasteiger partial charge in [-0.3, -0.25) is 10.1 Å². The van der Waals surface area contributed by atoms with Gasteiger partial charge in [0.25, 0.3) is 5.69 Å². The number of pyridine rings is 1. The third-order valence-corrected chi connectivity index (χ3v) is 3.58. The van der Waals surface area contributed by atoms with E-state index in [1.165, 1.54) is 0 Å². The van der Waals surface area contributed by atoms with Crippen LogP contribution in [0.25, 0.3) is 0 Å². The monoisotopic (exact) mass is 290 g/mol. The number of hydrogen-bond donors (Lipinski definition) is 0. The molecule has 2 heterocycles. The second-order valence-electron chi connectivity index (χ2n) is 5.40. The van der Waals surface area contributed by atoms with E-state index in [0.717, 1.165) is 0 Å². The maximum atomic E-state index is 11.1. The van der Waals surface area contributed by atoms with Crippen molar-refractivity contribution in [1.29, 1.82) is 5.26 Å². The Bertz CT molecular complexity index is 614. The van der Waals surface area contributed by atoms with E-state index in [4.69, 9.17) is 4.74 Å². The Labute approximate surface area is 123 Å². The SMILES string of the molecule is Cc1nc(N2C[C@H](C)O[C@@H](C)C2)c(C#N)c(C)c1[N+](=O)[O-]. The summed E-state index contributed by atoms with van der Waals surface area (Å²) in [5, 5.41) is 20.5. The lowest BCUT2D eigenvalue weighted by atomic mass is 10.1. The number of hydrogen-bond acceptors (Lipinski definition) is 6. The molecule has 0 aromatic carbocycles. The fraction of sp³-hybridized carbons (Fsp3) is 0.571. The molecule has 0 spiro atoms. The van der Waals surface area contributed by atoms with Crippen LogP contribution in [-0.2, 0) is 4.74 Å². The van der Waals surface area contributed by atoms with Crippen LogP contribution >= 0.6 is 0 Å². The van der Waals surface area contributed by atoms with Crippen LogP contribution in [0.15, 0.2) is 0 Å². The van der Waals surface area contributed by atoms with Crippen LogP contribution in [0.3, 0.4) is 0 Å². The fourth-order valence-electron chi connectivity index (χ4n) is 2.81. The Kier molecular flexibility index (Phi) is 4.09. The van der Waals surface area contributed by atoms with Gasteiger partial charge in [0.15, 0.2) is 0 Å². The maximum Gasteiger partial charge on any atom is 0.294 e. The summed E-state index contributed by atoms with van der Waals surface area (Å²) in [5.41, 5.74) is 0.897. The minimum atomic E-state index is -0.479. The smallest absolute Gasteiger partial charge is 0.294 e. The molecule has 1 saturated heterocycles. The first kappa shape index (κ1) is 15.2. The molecule has 0 bridgehead atoms. The van der Waals surface area contributed by atoms with Crippen molar-refractivity contribution in [3.8, 4) is 6.07 Å². The number of nitriles is 1. The molecular weight excluding hydrogens is 272 g/mol. The highest BCUT2D eigenvalue weighted by molar-refractivity contribution is 5.65. The van der Waals surface area contributed by atoms with Crippen LogP contribution in [0.4, 0.5) is 11.5 Å². The van der Waals surface area contributed by atoms with Crippen molar-refractivity contribution in [3.63, 3.8) is 0 Å². The molecule has 1 aromatic heterocycles. The second-order valence-corrected chi connectivity index (χ2v) is 5.40. The van der Waals surface area contributed by atoms with Crippen molar-refractivity contribution in [2.45, 2.75) is 39.9 Å². The van der Waals surface area contributed by atoms with E-state index in [1.54, 1.807) is 13.8 Å². The molecule has 7 heteroatoms. The normalized spacial score (nSPS) is 22.0. The van der Waals surface area contributed by atoms with Crippen LogP contribution in [0.5, 0.6) is 0 Å². The molecule has 1 aliphatic rings. The molecular formula is C14H18N4O3. The summed E-state index contributed by atoms with van der Waals surface area (Å²) in [5.74, 6) is 0.514. The Balaban J connectivity index is 2.55. The third kappa shape index (κ3) is 2.81. The Morgan fingerprint density at radius 1 is 1.38 bits per heavy atom. The van der Waals surface area contributed by atoms with Crippen molar-refractivity contribution in [2.24, 2.45) is 0 Å². The van der Waals surface area contributed by atoms with Crippen molar-refractivity contribution in [2.75, 3.05) is 18.0 Å². The Morgan fingerprint density at radius 2 is 1.95 bits per heavy atom. The van der Waals surface area contributed by atoms with Gasteiger partial charge in [0, 0.05) is 13.1 Å². The quantitative estimate of drug-likeness (QED) is 0.611. The van der Waals surface area contributed by atoms with Gasteiger partial charge in [-0.1, -0.05) is 0 Å². The lowest BCUT2D eigenvalue weighted by molar-refractivity contribution is -0.386. The van der Waals surface area contributed by atoms with Crippen molar-refractivity contribution >= 4 is 11.5 Å². The molecule has 0 aliphatic carbocycles. The number of nitrogens with zero attached hydrogens (tertiary/aromatic N) is 4. The standard InChI is InChI=1S/C14H18N4O3/c1-8-6-17(7-9(2)21-8)14-12(5-15)10(3)13(18(19)20)11(4)16-14/h8-9H,6-7H2,1-4H3/t8-,9-/m0/s1. The average Bonchev–Trinajstić information content (AvgIpc) is 2.36. The molecule has 2 atom stereocenters. The highest BCUT2D eigenvalue weighted by Crippen LogP contribution is 2.31. The van der Waals surface area contributed by atoms with Crippen LogP contribution in [-0.4, -0.2) is 35.2 Å². The molecule has 0 N–H and O–H groups in total. The number of morpholine rings is 1. The average molecular weight is 290 g/mol. The van der Waals surface area contributed by atoms with Crippen molar-refractivity contribution in [1.82, 2.24) is 4.98 Å². The zero-order valence-corrected chi connectivity index (χ0v) is 12.6. The predicted molar refractivity (Wildman–Crippen MR) is 77.3 cm³/mol. The van der Waals surface area contributed by atoms with E-state index in [1.807, 2.05) is 18.7 Å². The fourth-order valence-corrected chi connectivity index (χ4v) is 2.81. The second kappa shape index (κ2) is 5.66. The maximum absolute atomic E-state index is 11.1. The summed E-state index contributed by atoms with van der Waals surface area (Å²) >= 11 is 0. The molecule has 21 heavy (non-hydrogen) atoms. The highest BCUT2D eigenvalue weighted by atomic mass is 16.6. The van der Waals surface area contributed by atoms with E-state index in [9.17, 15) is 15.4 Å². The largest absolute Gasteiger partial charge is 0.372 e. The summed E-state index contributed by atoms with van der Waals surface area (Å²) < 4.78 is 5.67. The number of rotatable bonds is 2. The lowest BCUT2D eigenvalue weighted by Gasteiger charge is -2.36. The molecule has 112 valence electrons. The summed E-state index contributed by atoms with van der Waals surface area (Å²) in [6, 6.07) is 2.06. The Morgan fingerprint density at radius 3 is 2.43 bits per heavy atom. The molecule has 2 rings (SSSR count). The van der Waals surface area contributed by atoms with Gasteiger partial charge in [-0.2, -0.15) is 5.26 Å². The number of aromatic nitrogens is 1. The van der Waals surface area contributed by atoms with Gasteiger partial charge in [0.2, 0.25) is 0 Å². The first-order valence-electron chi connectivity index (χ1n) is 6.81. The van der Waals surface area contributed by atoms with E-state index < -0.39 is 4.92 Å². The number of anilines is 1. The molecule has 0 saturated carbocycles. The molecule has 1 aromatic rings. The number of ether oxygens (including phenoxy) is 1. The van der Waals surface area contributed by atoms with Gasteiger partial charge >= 0.3 is 0 Å². The molecule has 0 amide bonds. The van der Waals surface area contributed by atoms with Gasteiger partial charge in [0.05, 0.1) is 22.7 Å². The third-order valence-electron chi connectivity index (χ3n) is 3.58. The van der Waals surface area contributed by atoms with Crippen LogP contribution < -0.4 is 4.90 Å². The summed E-state index contributed by atoms with van der Waals surface area (Å²) in [4.78, 5) is 16.9. The molecule has 1 aliphatic heterocycles. The van der Waals surface area contributed by atoms with Crippen LogP contribution in [0.2, 0.25) is 0 Å². The highest BCUT2D eigenvalue weighted by Gasteiger charge is 2.29. The van der Waals surface area contributed by atoms with E-state index in [0.29, 0.717) is 30.2 Å². The van der Waals surface area contributed by atoms with E-state index >= 15 is 0 Å². The number of nitro groups is 1. The first-order valence-corrected chi connectivity index (χ1v) is 6.81. The summed E-state index contributed by atoms with van der Waals surface area (Å²) in [6.07, 6.45) is 0.0517. The zero-order valence-electron chi connectivity index (χ0n) is 12.6. The lowest BCUT2D eigenvalue weighted by Crippen LogP contribution is -2.46. The molecule has 0 unspecified atom stereocenters.